The third-order valence-corrected chi connectivity index (χ3v) is 4.69. The molecule has 106 valence electrons. The first-order valence-electron chi connectivity index (χ1n) is 6.11. The molecule has 0 fully saturated rings. The number of benzene rings is 1. The van der Waals surface area contributed by atoms with Gasteiger partial charge >= 0.3 is 0 Å². The lowest BCUT2D eigenvalue weighted by atomic mass is 10.2. The third-order valence-electron chi connectivity index (χ3n) is 2.63. The predicted octanol–water partition coefficient (Wildman–Crippen LogP) is 2.33. The van der Waals surface area contributed by atoms with Crippen LogP contribution < -0.4 is 5.32 Å². The van der Waals surface area contributed by atoms with E-state index >= 15 is 0 Å². The lowest BCUT2D eigenvalue weighted by Gasteiger charge is -2.16. The zero-order valence-electron chi connectivity index (χ0n) is 11.4. The smallest absolute Gasteiger partial charge is 0.233 e. The predicted molar refractivity (Wildman–Crippen MR) is 83.1 cm³/mol. The maximum atomic E-state index is 12.0. The SMILES string of the molecule is CNc1nnc(SCC(=O)N(C)Cc2ccccc2)s1. The second kappa shape index (κ2) is 7.25. The molecule has 1 amide bonds. The molecular weight excluding hydrogens is 292 g/mol. The van der Waals surface area contributed by atoms with Gasteiger partial charge in [-0.15, -0.1) is 10.2 Å². The number of hydrogen-bond donors (Lipinski definition) is 1. The normalized spacial score (nSPS) is 10.3. The molecule has 1 aromatic carbocycles. The van der Waals surface area contributed by atoms with Gasteiger partial charge in [-0.2, -0.15) is 0 Å². The van der Waals surface area contributed by atoms with E-state index in [0.29, 0.717) is 12.3 Å². The monoisotopic (exact) mass is 308 g/mol. The number of carbonyl (C=O) groups excluding carboxylic acids is 1. The van der Waals surface area contributed by atoms with Crippen LogP contribution in [0.1, 0.15) is 5.56 Å². The Balaban J connectivity index is 1.82. The van der Waals surface area contributed by atoms with Crippen molar-refractivity contribution in [2.45, 2.75) is 10.9 Å². The number of amides is 1. The van der Waals surface area contributed by atoms with Crippen molar-refractivity contribution in [1.82, 2.24) is 15.1 Å². The Morgan fingerprint density at radius 1 is 1.35 bits per heavy atom. The second-order valence-corrected chi connectivity index (χ2v) is 6.35. The minimum atomic E-state index is 0.0834. The molecule has 7 heteroatoms. The molecule has 0 aliphatic carbocycles. The van der Waals surface area contributed by atoms with Gasteiger partial charge in [0.2, 0.25) is 11.0 Å². The van der Waals surface area contributed by atoms with Gasteiger partial charge in [-0.3, -0.25) is 4.79 Å². The molecule has 0 saturated heterocycles. The highest BCUT2D eigenvalue weighted by Crippen LogP contribution is 2.25. The standard InChI is InChI=1S/C13H16N4OS2/c1-14-12-15-16-13(20-12)19-9-11(18)17(2)8-10-6-4-3-5-7-10/h3-7H,8-9H2,1-2H3,(H,14,15). The van der Waals surface area contributed by atoms with E-state index in [1.54, 1.807) is 11.9 Å². The van der Waals surface area contributed by atoms with Crippen LogP contribution in [0.25, 0.3) is 0 Å². The molecule has 1 heterocycles. The van der Waals surface area contributed by atoms with Gasteiger partial charge < -0.3 is 10.2 Å². The lowest BCUT2D eigenvalue weighted by Crippen LogP contribution is -2.27. The highest BCUT2D eigenvalue weighted by molar-refractivity contribution is 8.01. The van der Waals surface area contributed by atoms with Crippen molar-refractivity contribution in [3.63, 3.8) is 0 Å². The minimum absolute atomic E-state index is 0.0834. The first kappa shape index (κ1) is 14.8. The number of aromatic nitrogens is 2. The van der Waals surface area contributed by atoms with E-state index in [4.69, 9.17) is 0 Å². The Morgan fingerprint density at radius 2 is 2.10 bits per heavy atom. The van der Waals surface area contributed by atoms with Crippen molar-refractivity contribution in [3.8, 4) is 0 Å². The van der Waals surface area contributed by atoms with E-state index in [1.807, 2.05) is 37.4 Å². The highest BCUT2D eigenvalue weighted by atomic mass is 32.2. The van der Waals surface area contributed by atoms with Gasteiger partial charge in [-0.05, 0) is 5.56 Å². The summed E-state index contributed by atoms with van der Waals surface area (Å²) in [5, 5.41) is 11.6. The van der Waals surface area contributed by atoms with Crippen LogP contribution in [0.5, 0.6) is 0 Å². The number of nitrogens with zero attached hydrogens (tertiary/aromatic N) is 3. The zero-order chi connectivity index (χ0) is 14.4. The van der Waals surface area contributed by atoms with Gasteiger partial charge in [0, 0.05) is 20.6 Å². The molecule has 0 atom stereocenters. The summed E-state index contributed by atoms with van der Waals surface area (Å²) in [7, 11) is 3.61. The molecule has 0 aliphatic rings. The summed E-state index contributed by atoms with van der Waals surface area (Å²) in [6.45, 7) is 0.623. The first-order chi connectivity index (χ1) is 9.69. The van der Waals surface area contributed by atoms with Crippen LogP contribution in [0, 0.1) is 0 Å². The van der Waals surface area contributed by atoms with Gasteiger partial charge in [0.1, 0.15) is 0 Å². The van der Waals surface area contributed by atoms with Crippen LogP contribution in [0.3, 0.4) is 0 Å². The van der Waals surface area contributed by atoms with Crippen molar-refractivity contribution < 1.29 is 4.79 Å². The Labute approximate surface area is 126 Å². The molecule has 2 aromatic rings. The fourth-order valence-corrected chi connectivity index (χ4v) is 3.19. The van der Waals surface area contributed by atoms with Gasteiger partial charge in [0.05, 0.1) is 5.75 Å². The van der Waals surface area contributed by atoms with E-state index in [9.17, 15) is 4.79 Å². The topological polar surface area (TPSA) is 58.1 Å². The Morgan fingerprint density at radius 3 is 2.75 bits per heavy atom. The number of nitrogens with one attached hydrogen (secondary N) is 1. The quantitative estimate of drug-likeness (QED) is 0.830. The summed E-state index contributed by atoms with van der Waals surface area (Å²) in [5.41, 5.74) is 1.13. The van der Waals surface area contributed by atoms with Crippen molar-refractivity contribution in [2.24, 2.45) is 0 Å². The fraction of sp³-hybridized carbons (Fsp3) is 0.308. The molecule has 0 aliphatic heterocycles. The molecule has 0 spiro atoms. The molecule has 2 rings (SSSR count). The lowest BCUT2D eigenvalue weighted by molar-refractivity contribution is -0.127. The maximum absolute atomic E-state index is 12.0. The molecule has 1 N–H and O–H groups in total. The van der Waals surface area contributed by atoms with Gasteiger partial charge in [-0.1, -0.05) is 53.4 Å². The van der Waals surface area contributed by atoms with Crippen LogP contribution in [-0.4, -0.2) is 40.9 Å². The van der Waals surface area contributed by atoms with Crippen molar-refractivity contribution in [2.75, 3.05) is 25.2 Å². The number of rotatable bonds is 6. The summed E-state index contributed by atoms with van der Waals surface area (Å²) >= 11 is 2.87. The number of carbonyl (C=O) groups is 1. The average Bonchev–Trinajstić information content (AvgIpc) is 2.93. The van der Waals surface area contributed by atoms with Gasteiger partial charge in [0.15, 0.2) is 4.34 Å². The zero-order valence-corrected chi connectivity index (χ0v) is 13.0. The highest BCUT2D eigenvalue weighted by Gasteiger charge is 2.11. The molecule has 5 nitrogen and oxygen atoms in total. The van der Waals surface area contributed by atoms with Crippen molar-refractivity contribution >= 4 is 34.1 Å². The fourth-order valence-electron chi connectivity index (χ4n) is 1.55. The minimum Gasteiger partial charge on any atom is -0.363 e. The maximum Gasteiger partial charge on any atom is 0.233 e. The molecule has 0 unspecified atom stereocenters. The first-order valence-corrected chi connectivity index (χ1v) is 7.91. The summed E-state index contributed by atoms with van der Waals surface area (Å²) in [4.78, 5) is 13.8. The van der Waals surface area contributed by atoms with E-state index in [1.165, 1.54) is 23.1 Å². The van der Waals surface area contributed by atoms with E-state index < -0.39 is 0 Å². The summed E-state index contributed by atoms with van der Waals surface area (Å²) in [5.74, 6) is 0.460. The average molecular weight is 308 g/mol. The Kier molecular flexibility index (Phi) is 5.37. The van der Waals surface area contributed by atoms with Crippen LogP contribution in [0.15, 0.2) is 34.7 Å². The van der Waals surface area contributed by atoms with Gasteiger partial charge in [0.25, 0.3) is 0 Å². The number of hydrogen-bond acceptors (Lipinski definition) is 6. The van der Waals surface area contributed by atoms with Crippen LogP contribution >= 0.6 is 23.1 Å². The van der Waals surface area contributed by atoms with Crippen LogP contribution in [-0.2, 0) is 11.3 Å². The largest absolute Gasteiger partial charge is 0.363 e. The summed E-state index contributed by atoms with van der Waals surface area (Å²) in [6, 6.07) is 9.95. The summed E-state index contributed by atoms with van der Waals surface area (Å²) in [6.07, 6.45) is 0. The van der Waals surface area contributed by atoms with E-state index in [-0.39, 0.29) is 5.91 Å². The Bertz CT molecular complexity index is 559. The molecule has 20 heavy (non-hydrogen) atoms. The van der Waals surface area contributed by atoms with Crippen molar-refractivity contribution in [3.05, 3.63) is 35.9 Å². The molecule has 1 aromatic heterocycles. The molecule has 0 bridgehead atoms. The van der Waals surface area contributed by atoms with Crippen LogP contribution in [0.4, 0.5) is 5.13 Å². The summed E-state index contributed by atoms with van der Waals surface area (Å²) < 4.78 is 0.802. The second-order valence-electron chi connectivity index (χ2n) is 4.15. The number of anilines is 1. The third kappa shape index (κ3) is 4.21. The van der Waals surface area contributed by atoms with Gasteiger partial charge in [-0.25, -0.2) is 0 Å². The molecule has 0 radical (unpaired) electrons. The van der Waals surface area contributed by atoms with Crippen LogP contribution in [0.2, 0.25) is 0 Å². The van der Waals surface area contributed by atoms with Crippen molar-refractivity contribution in [1.29, 1.82) is 0 Å². The Hall–Kier alpha value is -1.60. The molecule has 0 saturated carbocycles. The van der Waals surface area contributed by atoms with E-state index in [2.05, 4.69) is 15.5 Å². The van der Waals surface area contributed by atoms with E-state index in [0.717, 1.165) is 15.0 Å². The number of thioether (sulfide) groups is 1. The molecular formula is C13H16N4OS2.